The van der Waals surface area contributed by atoms with Crippen LogP contribution in [-0.4, -0.2) is 40.4 Å². The number of carbonyl (C=O) groups is 2. The summed E-state index contributed by atoms with van der Waals surface area (Å²) in [6.07, 6.45) is 2.74. The van der Waals surface area contributed by atoms with Gasteiger partial charge in [-0.3, -0.25) is 9.78 Å². The van der Waals surface area contributed by atoms with Crippen LogP contribution in [0.15, 0.2) is 36.7 Å². The summed E-state index contributed by atoms with van der Waals surface area (Å²) in [5.74, 6) is -1.42. The summed E-state index contributed by atoms with van der Waals surface area (Å²) < 4.78 is 17.7. The molecule has 1 heterocycles. The van der Waals surface area contributed by atoms with Gasteiger partial charge in [-0.1, -0.05) is 12.1 Å². The Labute approximate surface area is 132 Å². The zero-order valence-electron chi connectivity index (χ0n) is 12.8. The standard InChI is InChI=1S/C16H16FN3O3/c1-11-7-19-14(8-18-11)16(22)23-10-15(21)20(2)9-12-3-5-13(17)6-4-12/h3-8H,9-10H2,1-2H3. The van der Waals surface area contributed by atoms with E-state index in [0.717, 1.165) is 5.56 Å². The molecule has 0 saturated carbocycles. The maximum atomic E-state index is 12.8. The number of likely N-dealkylation sites (N-methyl/N-ethyl adjacent to an activating group) is 1. The van der Waals surface area contributed by atoms with Gasteiger partial charge in [0.1, 0.15) is 5.82 Å². The van der Waals surface area contributed by atoms with Gasteiger partial charge in [0.15, 0.2) is 12.3 Å². The summed E-state index contributed by atoms with van der Waals surface area (Å²) in [5.41, 5.74) is 1.50. The van der Waals surface area contributed by atoms with Crippen LogP contribution in [0.3, 0.4) is 0 Å². The van der Waals surface area contributed by atoms with Gasteiger partial charge in [0.25, 0.3) is 5.91 Å². The minimum Gasteiger partial charge on any atom is -0.451 e. The fourth-order valence-corrected chi connectivity index (χ4v) is 1.76. The van der Waals surface area contributed by atoms with Crippen LogP contribution >= 0.6 is 0 Å². The van der Waals surface area contributed by atoms with E-state index >= 15 is 0 Å². The van der Waals surface area contributed by atoms with Crippen LogP contribution in [0.2, 0.25) is 0 Å². The van der Waals surface area contributed by atoms with E-state index in [2.05, 4.69) is 9.97 Å². The molecule has 0 aliphatic heterocycles. The third-order valence-corrected chi connectivity index (χ3v) is 3.08. The Balaban J connectivity index is 1.84. The van der Waals surface area contributed by atoms with Gasteiger partial charge in [0.05, 0.1) is 11.9 Å². The van der Waals surface area contributed by atoms with Crippen molar-refractivity contribution in [2.24, 2.45) is 0 Å². The molecule has 0 unspecified atom stereocenters. The molecular formula is C16H16FN3O3. The van der Waals surface area contributed by atoms with E-state index in [1.807, 2.05) is 0 Å². The number of benzene rings is 1. The number of halogens is 1. The first kappa shape index (κ1) is 16.5. The van der Waals surface area contributed by atoms with Crippen LogP contribution in [0.4, 0.5) is 4.39 Å². The zero-order valence-corrected chi connectivity index (χ0v) is 12.8. The summed E-state index contributed by atoms with van der Waals surface area (Å²) in [5, 5.41) is 0. The van der Waals surface area contributed by atoms with Crippen LogP contribution < -0.4 is 0 Å². The second-order valence-electron chi connectivity index (χ2n) is 5.00. The topological polar surface area (TPSA) is 72.4 Å². The number of amides is 1. The molecule has 2 aromatic rings. The lowest BCUT2D eigenvalue weighted by molar-refractivity contribution is -0.133. The number of aromatic nitrogens is 2. The average molecular weight is 317 g/mol. The maximum absolute atomic E-state index is 12.8. The lowest BCUT2D eigenvalue weighted by Gasteiger charge is -2.17. The second kappa shape index (κ2) is 7.44. The van der Waals surface area contributed by atoms with Crippen molar-refractivity contribution in [3.8, 4) is 0 Å². The summed E-state index contributed by atoms with van der Waals surface area (Å²) in [6, 6.07) is 5.83. The van der Waals surface area contributed by atoms with E-state index in [4.69, 9.17) is 4.74 Å². The first-order chi connectivity index (χ1) is 11.0. The number of carbonyl (C=O) groups excluding carboxylic acids is 2. The summed E-state index contributed by atoms with van der Waals surface area (Å²) in [4.78, 5) is 32.9. The van der Waals surface area contributed by atoms with Gasteiger partial charge in [-0.15, -0.1) is 0 Å². The van der Waals surface area contributed by atoms with E-state index in [0.29, 0.717) is 12.2 Å². The molecule has 2 rings (SSSR count). The van der Waals surface area contributed by atoms with Gasteiger partial charge < -0.3 is 9.64 Å². The average Bonchev–Trinajstić information content (AvgIpc) is 2.55. The Morgan fingerprint density at radius 1 is 1.17 bits per heavy atom. The SMILES string of the molecule is Cc1cnc(C(=O)OCC(=O)N(C)Cc2ccc(F)cc2)cn1. The van der Waals surface area contributed by atoms with Gasteiger partial charge in [-0.25, -0.2) is 14.2 Å². The van der Waals surface area contributed by atoms with Crippen molar-refractivity contribution in [2.45, 2.75) is 13.5 Å². The first-order valence-electron chi connectivity index (χ1n) is 6.90. The van der Waals surface area contributed by atoms with Crippen LogP contribution in [0.5, 0.6) is 0 Å². The molecule has 1 aromatic carbocycles. The molecule has 120 valence electrons. The van der Waals surface area contributed by atoms with Crippen molar-refractivity contribution < 1.29 is 18.7 Å². The number of aryl methyl sites for hydroxylation is 1. The highest BCUT2D eigenvalue weighted by molar-refractivity contribution is 5.89. The molecule has 0 aliphatic carbocycles. The number of hydrogen-bond donors (Lipinski definition) is 0. The van der Waals surface area contributed by atoms with E-state index in [9.17, 15) is 14.0 Å². The summed E-state index contributed by atoms with van der Waals surface area (Å²) in [6.45, 7) is 1.64. The van der Waals surface area contributed by atoms with Gasteiger partial charge in [-0.2, -0.15) is 0 Å². The molecule has 0 bridgehead atoms. The lowest BCUT2D eigenvalue weighted by Crippen LogP contribution is -2.31. The van der Waals surface area contributed by atoms with E-state index in [-0.39, 0.29) is 17.4 Å². The van der Waals surface area contributed by atoms with Crippen LogP contribution in [0.25, 0.3) is 0 Å². The summed E-state index contributed by atoms with van der Waals surface area (Å²) >= 11 is 0. The van der Waals surface area contributed by atoms with E-state index in [1.54, 1.807) is 26.1 Å². The molecule has 0 fully saturated rings. The van der Waals surface area contributed by atoms with Crippen LogP contribution in [-0.2, 0) is 16.1 Å². The van der Waals surface area contributed by atoms with E-state index in [1.165, 1.54) is 29.4 Å². The minimum atomic E-state index is -0.707. The highest BCUT2D eigenvalue weighted by Crippen LogP contribution is 2.06. The van der Waals surface area contributed by atoms with Gasteiger partial charge in [-0.05, 0) is 24.6 Å². The van der Waals surface area contributed by atoms with Crippen molar-refractivity contribution >= 4 is 11.9 Å². The molecule has 23 heavy (non-hydrogen) atoms. The number of nitrogens with zero attached hydrogens (tertiary/aromatic N) is 3. The molecule has 6 nitrogen and oxygen atoms in total. The Morgan fingerprint density at radius 2 is 1.87 bits per heavy atom. The number of rotatable bonds is 5. The molecule has 0 aliphatic rings. The van der Waals surface area contributed by atoms with Crippen LogP contribution in [0, 0.1) is 12.7 Å². The number of ether oxygens (including phenoxy) is 1. The van der Waals surface area contributed by atoms with Crippen LogP contribution in [0.1, 0.15) is 21.7 Å². The molecule has 7 heteroatoms. The minimum absolute atomic E-state index is 0.0459. The van der Waals surface area contributed by atoms with Crippen molar-refractivity contribution in [1.82, 2.24) is 14.9 Å². The largest absolute Gasteiger partial charge is 0.451 e. The molecule has 0 spiro atoms. The molecule has 1 amide bonds. The molecule has 0 saturated heterocycles. The lowest BCUT2D eigenvalue weighted by atomic mass is 10.2. The molecule has 0 atom stereocenters. The molecular weight excluding hydrogens is 301 g/mol. The predicted octanol–water partition coefficient (Wildman–Crippen LogP) is 1.74. The number of esters is 1. The van der Waals surface area contributed by atoms with Crippen molar-refractivity contribution in [3.63, 3.8) is 0 Å². The van der Waals surface area contributed by atoms with Crippen molar-refractivity contribution in [1.29, 1.82) is 0 Å². The summed E-state index contributed by atoms with van der Waals surface area (Å²) in [7, 11) is 1.57. The normalized spacial score (nSPS) is 10.2. The maximum Gasteiger partial charge on any atom is 0.359 e. The molecule has 1 aromatic heterocycles. The Morgan fingerprint density at radius 3 is 2.48 bits per heavy atom. The third-order valence-electron chi connectivity index (χ3n) is 3.08. The van der Waals surface area contributed by atoms with Crippen molar-refractivity contribution in [3.05, 3.63) is 59.4 Å². The van der Waals surface area contributed by atoms with Gasteiger partial charge in [0.2, 0.25) is 0 Å². The smallest absolute Gasteiger partial charge is 0.359 e. The predicted molar refractivity (Wildman–Crippen MR) is 79.9 cm³/mol. The second-order valence-corrected chi connectivity index (χ2v) is 5.00. The highest BCUT2D eigenvalue weighted by atomic mass is 19.1. The Hall–Kier alpha value is -2.83. The molecule has 0 N–H and O–H groups in total. The first-order valence-corrected chi connectivity index (χ1v) is 6.90. The molecule has 0 radical (unpaired) electrons. The zero-order chi connectivity index (χ0) is 16.8. The number of hydrogen-bond acceptors (Lipinski definition) is 5. The Bertz CT molecular complexity index is 687. The Kier molecular flexibility index (Phi) is 5.35. The van der Waals surface area contributed by atoms with Crippen molar-refractivity contribution in [2.75, 3.05) is 13.7 Å². The van der Waals surface area contributed by atoms with Gasteiger partial charge >= 0.3 is 5.97 Å². The fourth-order valence-electron chi connectivity index (χ4n) is 1.76. The van der Waals surface area contributed by atoms with E-state index < -0.39 is 12.6 Å². The van der Waals surface area contributed by atoms with Gasteiger partial charge in [0, 0.05) is 19.8 Å². The third kappa shape index (κ3) is 4.84. The highest BCUT2D eigenvalue weighted by Gasteiger charge is 2.15. The fraction of sp³-hybridized carbons (Fsp3) is 0.250. The monoisotopic (exact) mass is 317 g/mol. The quantitative estimate of drug-likeness (QED) is 0.786.